The molecule has 2 rings (SSSR count). The normalized spacial score (nSPS) is 20.8. The zero-order chi connectivity index (χ0) is 13.9. The SMILES string of the molecule is O=S(=O)(CCN1CCC[C@@H]1CO)c1ccc(Br)cc1. The summed E-state index contributed by atoms with van der Waals surface area (Å²) in [4.78, 5) is 2.42. The number of hydrogen-bond donors (Lipinski definition) is 1. The summed E-state index contributed by atoms with van der Waals surface area (Å²) in [6, 6.07) is 6.83. The van der Waals surface area contributed by atoms with E-state index >= 15 is 0 Å². The number of hydrogen-bond acceptors (Lipinski definition) is 4. The van der Waals surface area contributed by atoms with Crippen molar-refractivity contribution >= 4 is 25.8 Å². The molecule has 0 radical (unpaired) electrons. The molecule has 0 bridgehead atoms. The van der Waals surface area contributed by atoms with Gasteiger partial charge in [0.1, 0.15) is 0 Å². The first-order valence-corrected chi connectivity index (χ1v) is 8.81. The average molecular weight is 348 g/mol. The minimum Gasteiger partial charge on any atom is -0.395 e. The van der Waals surface area contributed by atoms with Crippen molar-refractivity contribution in [3.05, 3.63) is 28.7 Å². The second-order valence-electron chi connectivity index (χ2n) is 4.79. The van der Waals surface area contributed by atoms with Gasteiger partial charge in [-0.15, -0.1) is 0 Å². The maximum atomic E-state index is 12.2. The molecule has 0 unspecified atom stereocenters. The molecule has 0 aliphatic carbocycles. The van der Waals surface area contributed by atoms with E-state index in [-0.39, 0.29) is 18.4 Å². The number of likely N-dealkylation sites (tertiary alicyclic amines) is 1. The fraction of sp³-hybridized carbons (Fsp3) is 0.538. The van der Waals surface area contributed by atoms with Gasteiger partial charge >= 0.3 is 0 Å². The summed E-state index contributed by atoms with van der Waals surface area (Å²) in [7, 11) is -3.24. The predicted molar refractivity (Wildman–Crippen MR) is 77.9 cm³/mol. The van der Waals surface area contributed by atoms with Crippen LogP contribution in [0.2, 0.25) is 0 Å². The van der Waals surface area contributed by atoms with Crippen molar-refractivity contribution in [2.45, 2.75) is 23.8 Å². The van der Waals surface area contributed by atoms with Crippen LogP contribution in [0.5, 0.6) is 0 Å². The third kappa shape index (κ3) is 3.78. The van der Waals surface area contributed by atoms with E-state index in [1.165, 1.54) is 0 Å². The van der Waals surface area contributed by atoms with Crippen LogP contribution < -0.4 is 0 Å². The molecular formula is C13H18BrNO3S. The molecule has 19 heavy (non-hydrogen) atoms. The van der Waals surface area contributed by atoms with Crippen LogP contribution in [0.25, 0.3) is 0 Å². The molecule has 0 aromatic heterocycles. The number of halogens is 1. The van der Waals surface area contributed by atoms with Gasteiger partial charge in [-0.1, -0.05) is 15.9 Å². The third-order valence-corrected chi connectivity index (χ3v) is 5.77. The zero-order valence-electron chi connectivity index (χ0n) is 10.6. The maximum absolute atomic E-state index is 12.2. The lowest BCUT2D eigenvalue weighted by atomic mass is 10.2. The smallest absolute Gasteiger partial charge is 0.179 e. The summed E-state index contributed by atoms with van der Waals surface area (Å²) in [5.41, 5.74) is 0. The molecule has 1 aromatic carbocycles. The molecule has 106 valence electrons. The lowest BCUT2D eigenvalue weighted by Gasteiger charge is -2.22. The van der Waals surface area contributed by atoms with Crippen LogP contribution in [-0.2, 0) is 9.84 Å². The van der Waals surface area contributed by atoms with Gasteiger partial charge in [0.25, 0.3) is 0 Å². The Hall–Kier alpha value is -0.430. The second kappa shape index (κ2) is 6.35. The van der Waals surface area contributed by atoms with Gasteiger partial charge in [-0.25, -0.2) is 8.42 Å². The molecule has 1 aromatic rings. The molecule has 0 spiro atoms. The quantitative estimate of drug-likeness (QED) is 0.880. The number of nitrogens with zero attached hydrogens (tertiary/aromatic N) is 1. The Bertz CT molecular complexity index is 515. The van der Waals surface area contributed by atoms with Crippen molar-refractivity contribution in [2.75, 3.05) is 25.4 Å². The summed E-state index contributed by atoms with van der Waals surface area (Å²) in [5, 5.41) is 9.22. The van der Waals surface area contributed by atoms with E-state index in [9.17, 15) is 13.5 Å². The van der Waals surface area contributed by atoms with Gasteiger partial charge in [-0.2, -0.15) is 0 Å². The lowest BCUT2D eigenvalue weighted by molar-refractivity contribution is 0.165. The summed E-state index contributed by atoms with van der Waals surface area (Å²) in [5.74, 6) is 0.102. The standard InChI is InChI=1S/C13H18BrNO3S/c14-11-3-5-13(6-4-11)19(17,18)9-8-15-7-1-2-12(15)10-16/h3-6,12,16H,1-2,7-10H2/t12-/m1/s1. The fourth-order valence-electron chi connectivity index (χ4n) is 2.39. The number of sulfone groups is 1. The minimum absolute atomic E-state index is 0.102. The first-order valence-electron chi connectivity index (χ1n) is 6.36. The Labute approximate surface area is 122 Å². The molecule has 4 nitrogen and oxygen atoms in total. The minimum atomic E-state index is -3.24. The molecule has 1 aliphatic heterocycles. The van der Waals surface area contributed by atoms with E-state index in [4.69, 9.17) is 0 Å². The fourth-order valence-corrected chi connectivity index (χ4v) is 3.92. The van der Waals surface area contributed by atoms with Crippen molar-refractivity contribution in [3.63, 3.8) is 0 Å². The van der Waals surface area contributed by atoms with E-state index in [1.807, 2.05) is 0 Å². The Morgan fingerprint density at radius 2 is 2.00 bits per heavy atom. The molecule has 6 heteroatoms. The summed E-state index contributed by atoms with van der Waals surface area (Å²) in [6.07, 6.45) is 1.98. The predicted octanol–water partition coefficient (Wildman–Crippen LogP) is 1.68. The van der Waals surface area contributed by atoms with Gasteiger partial charge in [-0.3, -0.25) is 4.90 Å². The van der Waals surface area contributed by atoms with Crippen LogP contribution in [-0.4, -0.2) is 49.9 Å². The van der Waals surface area contributed by atoms with Gasteiger partial charge in [0.05, 0.1) is 17.3 Å². The molecule has 0 saturated carbocycles. The van der Waals surface area contributed by atoms with Crippen LogP contribution in [0.3, 0.4) is 0 Å². The number of rotatable bonds is 5. The third-order valence-electron chi connectivity index (χ3n) is 3.53. The van der Waals surface area contributed by atoms with Gasteiger partial charge in [-0.05, 0) is 43.7 Å². The molecule has 1 aliphatic rings. The monoisotopic (exact) mass is 347 g/mol. The van der Waals surface area contributed by atoms with E-state index in [0.717, 1.165) is 23.9 Å². The molecule has 1 heterocycles. The number of benzene rings is 1. The molecule has 1 fully saturated rings. The zero-order valence-corrected chi connectivity index (χ0v) is 13.0. The van der Waals surface area contributed by atoms with Crippen LogP contribution in [0, 0.1) is 0 Å². The highest BCUT2D eigenvalue weighted by Crippen LogP contribution is 2.19. The number of aliphatic hydroxyl groups is 1. The summed E-state index contributed by atoms with van der Waals surface area (Å²) >= 11 is 3.29. The molecular weight excluding hydrogens is 330 g/mol. The van der Waals surface area contributed by atoms with Gasteiger partial charge < -0.3 is 5.11 Å². The van der Waals surface area contributed by atoms with Crippen molar-refractivity contribution in [1.29, 1.82) is 0 Å². The average Bonchev–Trinajstić information content (AvgIpc) is 2.84. The highest BCUT2D eigenvalue weighted by atomic mass is 79.9. The Morgan fingerprint density at radius 3 is 2.63 bits per heavy atom. The molecule has 1 saturated heterocycles. The Kier molecular flexibility index (Phi) is 5.00. The van der Waals surface area contributed by atoms with Crippen LogP contribution >= 0.6 is 15.9 Å². The van der Waals surface area contributed by atoms with Gasteiger partial charge in [0, 0.05) is 17.1 Å². The topological polar surface area (TPSA) is 57.6 Å². The van der Waals surface area contributed by atoms with Crippen LogP contribution in [0.15, 0.2) is 33.6 Å². The Balaban J connectivity index is 2.00. The first-order chi connectivity index (χ1) is 9.03. The Morgan fingerprint density at radius 1 is 1.32 bits per heavy atom. The van der Waals surface area contributed by atoms with Crippen LogP contribution in [0.1, 0.15) is 12.8 Å². The van der Waals surface area contributed by atoms with E-state index < -0.39 is 9.84 Å². The van der Waals surface area contributed by atoms with Crippen molar-refractivity contribution in [1.82, 2.24) is 4.90 Å². The second-order valence-corrected chi connectivity index (χ2v) is 7.81. The van der Waals surface area contributed by atoms with Crippen LogP contribution in [0.4, 0.5) is 0 Å². The number of aliphatic hydroxyl groups excluding tert-OH is 1. The van der Waals surface area contributed by atoms with E-state index in [0.29, 0.717) is 11.4 Å². The molecule has 1 atom stereocenters. The van der Waals surface area contributed by atoms with Gasteiger partial charge in [0.15, 0.2) is 9.84 Å². The summed E-state index contributed by atoms with van der Waals surface area (Å²) < 4.78 is 25.2. The van der Waals surface area contributed by atoms with E-state index in [1.54, 1.807) is 24.3 Å². The lowest BCUT2D eigenvalue weighted by Crippen LogP contribution is -2.35. The largest absolute Gasteiger partial charge is 0.395 e. The van der Waals surface area contributed by atoms with Crippen molar-refractivity contribution < 1.29 is 13.5 Å². The highest BCUT2D eigenvalue weighted by molar-refractivity contribution is 9.10. The first kappa shape index (κ1) is 15.0. The molecule has 1 N–H and O–H groups in total. The summed E-state index contributed by atoms with van der Waals surface area (Å²) in [6.45, 7) is 1.48. The van der Waals surface area contributed by atoms with Gasteiger partial charge in [0.2, 0.25) is 0 Å². The van der Waals surface area contributed by atoms with Crippen molar-refractivity contribution in [2.24, 2.45) is 0 Å². The molecule has 0 amide bonds. The van der Waals surface area contributed by atoms with E-state index in [2.05, 4.69) is 20.8 Å². The van der Waals surface area contributed by atoms with Crippen molar-refractivity contribution in [3.8, 4) is 0 Å². The maximum Gasteiger partial charge on any atom is 0.179 e. The highest BCUT2D eigenvalue weighted by Gasteiger charge is 2.25.